The second-order valence-electron chi connectivity index (χ2n) is 12.2. The van der Waals surface area contributed by atoms with Crippen molar-refractivity contribution in [3.63, 3.8) is 0 Å². The first-order valence-electron chi connectivity index (χ1n) is 14.9. The van der Waals surface area contributed by atoms with Crippen LogP contribution in [0.2, 0.25) is 0 Å². The third-order valence-corrected chi connectivity index (χ3v) is 7.61. The number of nitrogens with one attached hydrogen (secondary N) is 1. The Labute approximate surface area is 256 Å². The summed E-state index contributed by atoms with van der Waals surface area (Å²) in [7, 11) is 1.92. The molecule has 6 rings (SSSR count). The van der Waals surface area contributed by atoms with Crippen LogP contribution in [0.3, 0.4) is 0 Å². The number of aryl methyl sites for hydroxylation is 1. The first-order valence-corrected chi connectivity index (χ1v) is 14.9. The summed E-state index contributed by atoms with van der Waals surface area (Å²) in [5, 5.41) is 7.65. The molecule has 11 heteroatoms. The number of fused-ring (bicyclic) bond motifs is 1. The zero-order chi connectivity index (χ0) is 30.7. The fourth-order valence-corrected chi connectivity index (χ4v) is 5.32. The summed E-state index contributed by atoms with van der Waals surface area (Å²) in [5.41, 5.74) is 5.30. The van der Waals surface area contributed by atoms with Crippen LogP contribution in [-0.2, 0) is 18.3 Å². The number of amides is 1. The Kier molecular flexibility index (Phi) is 8.19. The van der Waals surface area contributed by atoms with E-state index >= 15 is 0 Å². The highest BCUT2D eigenvalue weighted by atomic mass is 16.6. The van der Waals surface area contributed by atoms with E-state index in [4.69, 9.17) is 9.47 Å². The van der Waals surface area contributed by atoms with Crippen LogP contribution < -0.4 is 10.1 Å². The highest BCUT2D eigenvalue weighted by Crippen LogP contribution is 2.26. The van der Waals surface area contributed by atoms with Gasteiger partial charge >= 0.3 is 6.09 Å². The topological polar surface area (TPSA) is 112 Å². The van der Waals surface area contributed by atoms with Gasteiger partial charge in [0.15, 0.2) is 0 Å². The van der Waals surface area contributed by atoms with Crippen molar-refractivity contribution >= 4 is 17.6 Å². The summed E-state index contributed by atoms with van der Waals surface area (Å²) in [6, 6.07) is 14.2. The zero-order valence-corrected chi connectivity index (χ0v) is 25.6. The molecule has 0 spiro atoms. The van der Waals surface area contributed by atoms with Crippen LogP contribution in [0, 0.1) is 5.92 Å². The molecule has 0 bridgehead atoms. The van der Waals surface area contributed by atoms with Crippen molar-refractivity contribution in [2.45, 2.75) is 45.8 Å². The van der Waals surface area contributed by atoms with Gasteiger partial charge in [0, 0.05) is 56.8 Å². The van der Waals surface area contributed by atoms with Gasteiger partial charge in [0.1, 0.15) is 29.1 Å². The molecule has 0 saturated carbocycles. The number of aromatic nitrogens is 6. The van der Waals surface area contributed by atoms with E-state index in [0.717, 1.165) is 64.7 Å². The van der Waals surface area contributed by atoms with Crippen LogP contribution in [0.25, 0.3) is 28.2 Å². The van der Waals surface area contributed by atoms with E-state index in [1.165, 1.54) is 0 Å². The highest BCUT2D eigenvalue weighted by Gasteiger charge is 2.29. The fraction of sp³-hybridized carbons (Fsp3) is 0.364. The summed E-state index contributed by atoms with van der Waals surface area (Å²) < 4.78 is 15.4. The number of benzene rings is 1. The number of likely N-dealkylation sites (tertiary alicyclic amines) is 1. The van der Waals surface area contributed by atoms with Crippen LogP contribution in [0.5, 0.6) is 5.75 Å². The number of carbonyl (C=O) groups excluding carboxylic acids is 1. The third kappa shape index (κ3) is 6.99. The number of imidazole rings is 1. The normalized spacial score (nSPS) is 15.1. The molecule has 228 valence electrons. The number of anilines is 1. The van der Waals surface area contributed by atoms with E-state index < -0.39 is 5.60 Å². The molecule has 1 fully saturated rings. The van der Waals surface area contributed by atoms with Gasteiger partial charge < -0.3 is 19.7 Å². The Morgan fingerprint density at radius 1 is 1.05 bits per heavy atom. The van der Waals surface area contributed by atoms with E-state index in [2.05, 4.69) is 49.6 Å². The quantitative estimate of drug-likeness (QED) is 0.227. The number of hydrogen-bond donors (Lipinski definition) is 1. The standard InChI is InChI=1S/C33H38N8O3/c1-33(2,3)44-32(42)40-12-9-24(20-40)11-14-43-27-10-13-41-29(19-35-31(41)15-27)28-16-30(37-22-36-28)34-17-23-5-7-25(8-6-23)26-18-38-39(4)21-26/h5-8,10,13,15-16,18-19,21-22,24H,9,11-12,14,17,20H2,1-4H3,(H,34,36,37). The lowest BCUT2D eigenvalue weighted by Crippen LogP contribution is -2.35. The fourth-order valence-electron chi connectivity index (χ4n) is 5.32. The summed E-state index contributed by atoms with van der Waals surface area (Å²) in [6.07, 6.45) is 10.8. The molecule has 1 N–H and O–H groups in total. The van der Waals surface area contributed by atoms with Crippen molar-refractivity contribution in [3.8, 4) is 28.3 Å². The maximum Gasteiger partial charge on any atom is 0.410 e. The van der Waals surface area contributed by atoms with E-state index in [1.54, 1.807) is 15.9 Å². The van der Waals surface area contributed by atoms with Gasteiger partial charge in [0.2, 0.25) is 0 Å². The molecule has 11 nitrogen and oxygen atoms in total. The van der Waals surface area contributed by atoms with Crippen LogP contribution in [0.15, 0.2) is 73.6 Å². The molecule has 1 atom stereocenters. The molecule has 1 aliphatic heterocycles. The van der Waals surface area contributed by atoms with Crippen LogP contribution in [0.1, 0.15) is 39.2 Å². The average molecular weight is 595 g/mol. The highest BCUT2D eigenvalue weighted by molar-refractivity contribution is 5.68. The molecule has 44 heavy (non-hydrogen) atoms. The van der Waals surface area contributed by atoms with E-state index in [-0.39, 0.29) is 6.09 Å². The molecule has 1 unspecified atom stereocenters. The predicted octanol–water partition coefficient (Wildman–Crippen LogP) is 5.83. The molecule has 5 heterocycles. The number of hydrogen-bond acceptors (Lipinski definition) is 8. The van der Waals surface area contributed by atoms with Crippen LogP contribution in [-0.4, -0.2) is 65.4 Å². The number of pyridine rings is 1. The Hall–Kier alpha value is -4.93. The Balaban J connectivity index is 1.03. The number of nitrogens with zero attached hydrogens (tertiary/aromatic N) is 7. The Bertz CT molecular complexity index is 1740. The molecule has 5 aromatic rings. The predicted molar refractivity (Wildman–Crippen MR) is 168 cm³/mol. The third-order valence-electron chi connectivity index (χ3n) is 7.61. The number of carbonyl (C=O) groups is 1. The van der Waals surface area contributed by atoms with Crippen LogP contribution in [0.4, 0.5) is 10.6 Å². The molecule has 1 saturated heterocycles. The SMILES string of the molecule is Cn1cc(-c2ccc(CNc3cc(-c4cnc5cc(OCCC6CCN(C(=O)OC(C)(C)C)C6)ccn45)ncn3)cc2)cn1. The Morgan fingerprint density at radius 2 is 1.89 bits per heavy atom. The summed E-state index contributed by atoms with van der Waals surface area (Å²) in [4.78, 5) is 27.6. The maximum atomic E-state index is 12.3. The monoisotopic (exact) mass is 594 g/mol. The first kappa shape index (κ1) is 29.2. The lowest BCUT2D eigenvalue weighted by atomic mass is 10.1. The van der Waals surface area contributed by atoms with Gasteiger partial charge in [-0.2, -0.15) is 5.10 Å². The second kappa shape index (κ2) is 12.4. The van der Waals surface area contributed by atoms with Gasteiger partial charge in [-0.05, 0) is 56.7 Å². The van der Waals surface area contributed by atoms with Crippen molar-refractivity contribution in [3.05, 3.63) is 79.1 Å². The van der Waals surface area contributed by atoms with Gasteiger partial charge in [-0.3, -0.25) is 9.08 Å². The van der Waals surface area contributed by atoms with Crippen molar-refractivity contribution in [1.82, 2.24) is 34.0 Å². The van der Waals surface area contributed by atoms with Gasteiger partial charge in [-0.1, -0.05) is 24.3 Å². The minimum Gasteiger partial charge on any atom is -0.493 e. The van der Waals surface area contributed by atoms with Gasteiger partial charge in [-0.15, -0.1) is 0 Å². The van der Waals surface area contributed by atoms with Gasteiger partial charge in [0.25, 0.3) is 0 Å². The maximum absolute atomic E-state index is 12.3. The molecule has 1 aliphatic rings. The Morgan fingerprint density at radius 3 is 2.66 bits per heavy atom. The van der Waals surface area contributed by atoms with Crippen molar-refractivity contribution in [1.29, 1.82) is 0 Å². The van der Waals surface area contributed by atoms with Crippen LogP contribution >= 0.6 is 0 Å². The number of ether oxygens (including phenoxy) is 2. The minimum atomic E-state index is -0.481. The van der Waals surface area contributed by atoms with Crippen molar-refractivity contribution < 1.29 is 14.3 Å². The molecule has 1 aromatic carbocycles. The second-order valence-corrected chi connectivity index (χ2v) is 12.2. The molecule has 0 aliphatic carbocycles. The largest absolute Gasteiger partial charge is 0.493 e. The lowest BCUT2D eigenvalue weighted by molar-refractivity contribution is 0.0286. The van der Waals surface area contributed by atoms with E-state index in [0.29, 0.717) is 25.6 Å². The summed E-state index contributed by atoms with van der Waals surface area (Å²) >= 11 is 0. The smallest absolute Gasteiger partial charge is 0.410 e. The zero-order valence-electron chi connectivity index (χ0n) is 25.6. The molecule has 0 radical (unpaired) electrons. The van der Waals surface area contributed by atoms with E-state index in [1.807, 2.05) is 75.2 Å². The molecular formula is C33H38N8O3. The van der Waals surface area contributed by atoms with Crippen molar-refractivity contribution in [2.75, 3.05) is 25.0 Å². The minimum absolute atomic E-state index is 0.236. The summed E-state index contributed by atoms with van der Waals surface area (Å²) in [6.45, 7) is 8.31. The first-order chi connectivity index (χ1) is 21.2. The van der Waals surface area contributed by atoms with E-state index in [9.17, 15) is 4.79 Å². The summed E-state index contributed by atoms with van der Waals surface area (Å²) in [5.74, 6) is 1.89. The van der Waals surface area contributed by atoms with Gasteiger partial charge in [-0.25, -0.2) is 19.7 Å². The average Bonchev–Trinajstić information content (AvgIpc) is 3.76. The lowest BCUT2D eigenvalue weighted by Gasteiger charge is -2.24. The van der Waals surface area contributed by atoms with Gasteiger partial charge in [0.05, 0.1) is 30.4 Å². The molecule has 4 aromatic heterocycles. The number of rotatable bonds is 9. The van der Waals surface area contributed by atoms with Crippen molar-refractivity contribution in [2.24, 2.45) is 13.0 Å². The molecular weight excluding hydrogens is 556 g/mol. The molecule has 1 amide bonds.